The van der Waals surface area contributed by atoms with Crippen LogP contribution in [0.4, 0.5) is 5.69 Å². The Morgan fingerprint density at radius 3 is 2.94 bits per heavy atom. The highest BCUT2D eigenvalue weighted by Crippen LogP contribution is 2.22. The summed E-state index contributed by atoms with van der Waals surface area (Å²) >= 11 is 1.85. The summed E-state index contributed by atoms with van der Waals surface area (Å²) in [5, 5.41) is 11.6. The maximum Gasteiger partial charge on any atom is 0.0651 e. The lowest BCUT2D eigenvalue weighted by Crippen LogP contribution is -1.98. The maximum atomic E-state index is 4.03. The molecule has 0 aliphatic heterocycles. The van der Waals surface area contributed by atoms with Gasteiger partial charge in [-0.25, -0.2) is 0 Å². The Morgan fingerprint density at radius 1 is 1.28 bits per heavy atom. The van der Waals surface area contributed by atoms with Crippen molar-refractivity contribution < 1.29 is 0 Å². The molecule has 0 radical (unpaired) electrons. The number of hydrogen-bond donors (Lipinski definition) is 2. The molecular formula is C14H15N3S. The standard InChI is InChI=1S/C14H15N3S/c1-9-5-11(10(2)18-9)7-15-13-3-4-14-12(6-13)8-16-17-14/h3-6,8,15H,7H2,1-2H3,(H,16,17). The van der Waals surface area contributed by atoms with E-state index in [2.05, 4.69) is 53.6 Å². The van der Waals surface area contributed by atoms with Gasteiger partial charge in [-0.15, -0.1) is 11.3 Å². The monoisotopic (exact) mass is 257 g/mol. The molecule has 0 unspecified atom stereocenters. The van der Waals surface area contributed by atoms with Crippen molar-refractivity contribution in [3.8, 4) is 0 Å². The number of hydrogen-bond acceptors (Lipinski definition) is 3. The van der Waals surface area contributed by atoms with E-state index in [9.17, 15) is 0 Å². The second-order valence-electron chi connectivity index (χ2n) is 4.46. The zero-order valence-corrected chi connectivity index (χ0v) is 11.3. The fourth-order valence-electron chi connectivity index (χ4n) is 2.11. The van der Waals surface area contributed by atoms with Crippen LogP contribution in [0.1, 0.15) is 15.3 Å². The van der Waals surface area contributed by atoms with Crippen LogP contribution in [0.25, 0.3) is 10.9 Å². The predicted octanol–water partition coefficient (Wildman–Crippen LogP) is 3.85. The molecule has 0 saturated heterocycles. The molecule has 18 heavy (non-hydrogen) atoms. The van der Waals surface area contributed by atoms with Gasteiger partial charge in [0, 0.05) is 27.4 Å². The van der Waals surface area contributed by atoms with Crippen LogP contribution in [-0.2, 0) is 6.54 Å². The molecule has 2 heterocycles. The number of aromatic nitrogens is 2. The van der Waals surface area contributed by atoms with Crippen LogP contribution in [0.15, 0.2) is 30.5 Å². The Hall–Kier alpha value is -1.81. The van der Waals surface area contributed by atoms with Gasteiger partial charge in [0.15, 0.2) is 0 Å². The summed E-state index contributed by atoms with van der Waals surface area (Å²) in [6, 6.07) is 8.50. The Balaban J connectivity index is 1.78. The van der Waals surface area contributed by atoms with Crippen molar-refractivity contribution >= 4 is 27.9 Å². The van der Waals surface area contributed by atoms with Crippen LogP contribution >= 0.6 is 11.3 Å². The van der Waals surface area contributed by atoms with Gasteiger partial charge in [-0.3, -0.25) is 5.10 Å². The summed E-state index contributed by atoms with van der Waals surface area (Å²) in [7, 11) is 0. The summed E-state index contributed by atoms with van der Waals surface area (Å²) in [6.45, 7) is 5.20. The number of benzene rings is 1. The smallest absolute Gasteiger partial charge is 0.0651 e. The number of aromatic amines is 1. The molecule has 0 fully saturated rings. The third-order valence-electron chi connectivity index (χ3n) is 3.07. The fraction of sp³-hybridized carbons (Fsp3) is 0.214. The third-order valence-corrected chi connectivity index (χ3v) is 4.08. The Morgan fingerprint density at radius 2 is 2.17 bits per heavy atom. The number of nitrogens with zero attached hydrogens (tertiary/aromatic N) is 1. The second-order valence-corrected chi connectivity index (χ2v) is 5.92. The van der Waals surface area contributed by atoms with Crippen molar-refractivity contribution in [2.24, 2.45) is 0 Å². The van der Waals surface area contributed by atoms with Gasteiger partial charge in [-0.05, 0) is 43.7 Å². The first-order chi connectivity index (χ1) is 8.72. The van der Waals surface area contributed by atoms with E-state index in [0.717, 1.165) is 23.1 Å². The summed E-state index contributed by atoms with van der Waals surface area (Å²) < 4.78 is 0. The van der Waals surface area contributed by atoms with E-state index in [0.29, 0.717) is 0 Å². The van der Waals surface area contributed by atoms with Crippen LogP contribution < -0.4 is 5.32 Å². The highest BCUT2D eigenvalue weighted by Gasteiger charge is 2.03. The lowest BCUT2D eigenvalue weighted by molar-refractivity contribution is 1.12. The average Bonchev–Trinajstić information content (AvgIpc) is 2.92. The summed E-state index contributed by atoms with van der Waals surface area (Å²) in [6.07, 6.45) is 1.85. The number of rotatable bonds is 3. The van der Waals surface area contributed by atoms with Crippen molar-refractivity contribution in [1.29, 1.82) is 0 Å². The molecule has 4 heteroatoms. The number of aryl methyl sites for hydroxylation is 2. The first-order valence-corrected chi connectivity index (χ1v) is 6.77. The Kier molecular flexibility index (Phi) is 2.80. The fourth-order valence-corrected chi connectivity index (χ4v) is 3.06. The van der Waals surface area contributed by atoms with Crippen LogP contribution in [0.5, 0.6) is 0 Å². The summed E-state index contributed by atoms with van der Waals surface area (Å²) in [5.74, 6) is 0. The topological polar surface area (TPSA) is 40.7 Å². The molecule has 2 N–H and O–H groups in total. The van der Waals surface area contributed by atoms with E-state index in [4.69, 9.17) is 0 Å². The largest absolute Gasteiger partial charge is 0.381 e. The minimum Gasteiger partial charge on any atom is -0.381 e. The minimum absolute atomic E-state index is 0.875. The highest BCUT2D eigenvalue weighted by atomic mass is 32.1. The molecule has 3 aromatic rings. The molecule has 1 aromatic carbocycles. The van der Waals surface area contributed by atoms with E-state index in [1.165, 1.54) is 15.3 Å². The van der Waals surface area contributed by atoms with Crippen molar-refractivity contribution in [3.05, 3.63) is 45.8 Å². The summed E-state index contributed by atoms with van der Waals surface area (Å²) in [4.78, 5) is 2.76. The van der Waals surface area contributed by atoms with Gasteiger partial charge in [-0.1, -0.05) is 0 Å². The number of nitrogens with one attached hydrogen (secondary N) is 2. The van der Waals surface area contributed by atoms with Gasteiger partial charge in [-0.2, -0.15) is 5.10 Å². The van der Waals surface area contributed by atoms with Gasteiger partial charge in [0.05, 0.1) is 11.7 Å². The first-order valence-electron chi connectivity index (χ1n) is 5.95. The normalized spacial score (nSPS) is 11.0. The van der Waals surface area contributed by atoms with Gasteiger partial charge >= 0.3 is 0 Å². The molecule has 0 spiro atoms. The molecule has 0 bridgehead atoms. The molecule has 0 saturated carbocycles. The Bertz CT molecular complexity index is 681. The van der Waals surface area contributed by atoms with E-state index in [1.807, 2.05) is 17.5 Å². The molecule has 0 amide bonds. The predicted molar refractivity (Wildman–Crippen MR) is 77.2 cm³/mol. The van der Waals surface area contributed by atoms with E-state index in [1.54, 1.807) is 0 Å². The molecule has 0 aliphatic rings. The van der Waals surface area contributed by atoms with Crippen molar-refractivity contribution in [2.45, 2.75) is 20.4 Å². The minimum atomic E-state index is 0.875. The molecular weight excluding hydrogens is 242 g/mol. The van der Waals surface area contributed by atoms with Crippen LogP contribution in [0.3, 0.4) is 0 Å². The van der Waals surface area contributed by atoms with E-state index in [-0.39, 0.29) is 0 Å². The van der Waals surface area contributed by atoms with E-state index < -0.39 is 0 Å². The van der Waals surface area contributed by atoms with Gasteiger partial charge in [0.25, 0.3) is 0 Å². The first kappa shape index (κ1) is 11.3. The van der Waals surface area contributed by atoms with Gasteiger partial charge < -0.3 is 5.32 Å². The molecule has 3 nitrogen and oxygen atoms in total. The molecule has 92 valence electrons. The van der Waals surface area contributed by atoms with Gasteiger partial charge in [0.2, 0.25) is 0 Å². The lowest BCUT2D eigenvalue weighted by Gasteiger charge is -2.06. The van der Waals surface area contributed by atoms with Gasteiger partial charge in [0.1, 0.15) is 0 Å². The number of H-pyrrole nitrogens is 1. The average molecular weight is 257 g/mol. The summed E-state index contributed by atoms with van der Waals surface area (Å²) in [5.41, 5.74) is 3.58. The SMILES string of the molecule is Cc1cc(CNc2ccc3[nH]ncc3c2)c(C)s1. The zero-order chi connectivity index (χ0) is 12.5. The van der Waals surface area contributed by atoms with Crippen LogP contribution in [0.2, 0.25) is 0 Å². The highest BCUT2D eigenvalue weighted by molar-refractivity contribution is 7.12. The third kappa shape index (κ3) is 2.11. The second kappa shape index (κ2) is 4.46. The number of anilines is 1. The van der Waals surface area contributed by atoms with E-state index >= 15 is 0 Å². The zero-order valence-electron chi connectivity index (χ0n) is 10.4. The van der Waals surface area contributed by atoms with Crippen molar-refractivity contribution in [1.82, 2.24) is 10.2 Å². The maximum absolute atomic E-state index is 4.03. The van der Waals surface area contributed by atoms with Crippen LogP contribution in [-0.4, -0.2) is 10.2 Å². The van der Waals surface area contributed by atoms with Crippen molar-refractivity contribution in [3.63, 3.8) is 0 Å². The molecule has 0 aliphatic carbocycles. The number of thiophene rings is 1. The number of fused-ring (bicyclic) bond motifs is 1. The molecule has 3 rings (SSSR count). The quantitative estimate of drug-likeness (QED) is 0.748. The molecule has 2 aromatic heterocycles. The molecule has 0 atom stereocenters. The Labute approximate surface area is 110 Å². The van der Waals surface area contributed by atoms with Crippen molar-refractivity contribution in [2.75, 3.05) is 5.32 Å². The van der Waals surface area contributed by atoms with Crippen LogP contribution in [0, 0.1) is 13.8 Å². The lowest BCUT2D eigenvalue weighted by atomic mass is 10.2.